The van der Waals surface area contributed by atoms with Gasteiger partial charge in [0.1, 0.15) is 5.15 Å². The van der Waals surface area contributed by atoms with Crippen LogP contribution in [0.15, 0.2) is 36.7 Å². The van der Waals surface area contributed by atoms with Crippen LogP contribution in [0.3, 0.4) is 0 Å². The van der Waals surface area contributed by atoms with Crippen molar-refractivity contribution in [2.45, 2.75) is 19.8 Å². The summed E-state index contributed by atoms with van der Waals surface area (Å²) < 4.78 is 0. The van der Waals surface area contributed by atoms with Gasteiger partial charge in [-0.05, 0) is 18.9 Å². The predicted octanol–water partition coefficient (Wildman–Crippen LogP) is 3.01. The van der Waals surface area contributed by atoms with Gasteiger partial charge in [-0.1, -0.05) is 41.4 Å². The van der Waals surface area contributed by atoms with Crippen LogP contribution in [0.4, 0.5) is 5.82 Å². The molecule has 0 radical (unpaired) electrons. The summed E-state index contributed by atoms with van der Waals surface area (Å²) in [4.78, 5) is 19.6. The molecule has 98 valence electrons. The van der Waals surface area contributed by atoms with Crippen LogP contribution in [0, 0.1) is 6.92 Å². The summed E-state index contributed by atoms with van der Waals surface area (Å²) in [6.07, 6.45) is 3.95. The Bertz CT molecular complexity index is 569. The fourth-order valence-electron chi connectivity index (χ4n) is 1.71. The number of halogens is 1. The maximum absolute atomic E-state index is 11.7. The second kappa shape index (κ2) is 6.29. The molecular weight excluding hydrogens is 262 g/mol. The normalized spacial score (nSPS) is 10.2. The Morgan fingerprint density at radius 2 is 2.16 bits per heavy atom. The molecule has 1 aromatic heterocycles. The van der Waals surface area contributed by atoms with E-state index in [9.17, 15) is 4.79 Å². The first-order valence-corrected chi connectivity index (χ1v) is 6.34. The molecule has 0 unspecified atom stereocenters. The average Bonchev–Trinajstić information content (AvgIpc) is 2.39. The molecule has 0 fully saturated rings. The molecule has 1 heterocycles. The monoisotopic (exact) mass is 275 g/mol. The summed E-state index contributed by atoms with van der Waals surface area (Å²) >= 11 is 5.62. The zero-order valence-electron chi connectivity index (χ0n) is 10.6. The van der Waals surface area contributed by atoms with Gasteiger partial charge in [-0.2, -0.15) is 0 Å². The fourth-order valence-corrected chi connectivity index (χ4v) is 1.81. The second-order valence-electron chi connectivity index (χ2n) is 4.26. The Morgan fingerprint density at radius 1 is 1.32 bits per heavy atom. The lowest BCUT2D eigenvalue weighted by Gasteiger charge is -2.04. The van der Waals surface area contributed by atoms with Crippen molar-refractivity contribution in [3.05, 3.63) is 52.9 Å². The Morgan fingerprint density at radius 3 is 2.84 bits per heavy atom. The van der Waals surface area contributed by atoms with Gasteiger partial charge in [0, 0.05) is 6.42 Å². The number of nitrogens with zero attached hydrogens (tertiary/aromatic N) is 2. The molecule has 5 heteroatoms. The van der Waals surface area contributed by atoms with E-state index >= 15 is 0 Å². The number of benzene rings is 1. The standard InChI is InChI=1S/C14H14ClN3O/c1-10-3-2-4-11(7-10)5-6-14(19)18-13-9-16-12(15)8-17-13/h2-4,7-9H,5-6H2,1H3,(H,17,18,19). The summed E-state index contributed by atoms with van der Waals surface area (Å²) in [6, 6.07) is 8.12. The first-order chi connectivity index (χ1) is 9.13. The molecular formula is C14H14ClN3O. The molecule has 2 rings (SSSR count). The van der Waals surface area contributed by atoms with Gasteiger partial charge in [0.2, 0.25) is 5.91 Å². The summed E-state index contributed by atoms with van der Waals surface area (Å²) in [5.74, 6) is 0.330. The number of nitrogens with one attached hydrogen (secondary N) is 1. The van der Waals surface area contributed by atoms with E-state index in [-0.39, 0.29) is 5.91 Å². The number of aromatic nitrogens is 2. The molecule has 0 aliphatic heterocycles. The highest BCUT2D eigenvalue weighted by Gasteiger charge is 2.04. The minimum atomic E-state index is -0.0851. The van der Waals surface area contributed by atoms with Crippen LogP contribution in [0.2, 0.25) is 5.15 Å². The van der Waals surface area contributed by atoms with Gasteiger partial charge in [0.15, 0.2) is 5.82 Å². The third-order valence-electron chi connectivity index (χ3n) is 2.61. The van der Waals surface area contributed by atoms with Gasteiger partial charge < -0.3 is 5.32 Å². The van der Waals surface area contributed by atoms with E-state index in [2.05, 4.69) is 21.4 Å². The third-order valence-corrected chi connectivity index (χ3v) is 2.81. The molecule has 1 aromatic carbocycles. The molecule has 4 nitrogen and oxygen atoms in total. The summed E-state index contributed by atoms with van der Waals surface area (Å²) in [5, 5.41) is 2.99. The zero-order valence-corrected chi connectivity index (χ0v) is 11.3. The Balaban J connectivity index is 1.86. The second-order valence-corrected chi connectivity index (χ2v) is 4.65. The highest BCUT2D eigenvalue weighted by atomic mass is 35.5. The number of hydrogen-bond acceptors (Lipinski definition) is 3. The maximum Gasteiger partial charge on any atom is 0.225 e. The zero-order chi connectivity index (χ0) is 13.7. The van der Waals surface area contributed by atoms with Crippen molar-refractivity contribution in [2.24, 2.45) is 0 Å². The molecule has 0 spiro atoms. The highest BCUT2D eigenvalue weighted by Crippen LogP contribution is 2.09. The van der Waals surface area contributed by atoms with Crippen LogP contribution >= 0.6 is 11.6 Å². The van der Waals surface area contributed by atoms with E-state index < -0.39 is 0 Å². The number of rotatable bonds is 4. The Labute approximate surface area is 116 Å². The van der Waals surface area contributed by atoms with E-state index in [4.69, 9.17) is 11.6 Å². The van der Waals surface area contributed by atoms with Gasteiger partial charge in [-0.25, -0.2) is 9.97 Å². The van der Waals surface area contributed by atoms with Crippen LogP contribution in [0.1, 0.15) is 17.5 Å². The third kappa shape index (κ3) is 4.34. The van der Waals surface area contributed by atoms with Crippen LogP contribution in [0.25, 0.3) is 0 Å². The van der Waals surface area contributed by atoms with Gasteiger partial charge in [-0.3, -0.25) is 4.79 Å². The Kier molecular flexibility index (Phi) is 4.47. The van der Waals surface area contributed by atoms with E-state index in [0.29, 0.717) is 23.8 Å². The predicted molar refractivity (Wildman–Crippen MR) is 75.2 cm³/mol. The minimum Gasteiger partial charge on any atom is -0.309 e. The molecule has 0 saturated carbocycles. The van der Waals surface area contributed by atoms with E-state index in [1.807, 2.05) is 25.1 Å². The van der Waals surface area contributed by atoms with E-state index in [0.717, 1.165) is 5.56 Å². The SMILES string of the molecule is Cc1cccc(CCC(=O)Nc2cnc(Cl)cn2)c1. The molecule has 1 amide bonds. The van der Waals surface area contributed by atoms with Gasteiger partial charge in [0.05, 0.1) is 12.4 Å². The van der Waals surface area contributed by atoms with Crippen molar-refractivity contribution in [2.75, 3.05) is 5.32 Å². The van der Waals surface area contributed by atoms with Crippen LogP contribution in [-0.4, -0.2) is 15.9 Å². The molecule has 0 aliphatic rings. The van der Waals surface area contributed by atoms with Crippen LogP contribution < -0.4 is 5.32 Å². The first-order valence-electron chi connectivity index (χ1n) is 5.96. The highest BCUT2D eigenvalue weighted by molar-refractivity contribution is 6.29. The lowest BCUT2D eigenvalue weighted by molar-refractivity contribution is -0.116. The average molecular weight is 276 g/mol. The first kappa shape index (κ1) is 13.5. The van der Waals surface area contributed by atoms with E-state index in [1.165, 1.54) is 18.0 Å². The van der Waals surface area contributed by atoms with Crippen LogP contribution in [0.5, 0.6) is 0 Å². The molecule has 2 aromatic rings. The van der Waals surface area contributed by atoms with Gasteiger partial charge in [0.25, 0.3) is 0 Å². The molecule has 0 saturated heterocycles. The number of aryl methyl sites for hydroxylation is 2. The van der Waals surface area contributed by atoms with Crippen molar-refractivity contribution in [3.8, 4) is 0 Å². The van der Waals surface area contributed by atoms with Crippen molar-refractivity contribution < 1.29 is 4.79 Å². The molecule has 0 aliphatic carbocycles. The smallest absolute Gasteiger partial charge is 0.225 e. The van der Waals surface area contributed by atoms with Crippen molar-refractivity contribution >= 4 is 23.3 Å². The number of amides is 1. The quantitative estimate of drug-likeness (QED) is 0.933. The number of anilines is 1. The molecule has 0 bridgehead atoms. The molecule has 1 N–H and O–H groups in total. The molecule has 19 heavy (non-hydrogen) atoms. The number of carbonyl (C=O) groups excluding carboxylic acids is 1. The van der Waals surface area contributed by atoms with Gasteiger partial charge in [-0.15, -0.1) is 0 Å². The summed E-state index contributed by atoms with van der Waals surface area (Å²) in [5.41, 5.74) is 2.35. The minimum absolute atomic E-state index is 0.0851. The molecule has 0 atom stereocenters. The number of hydrogen-bond donors (Lipinski definition) is 1. The van der Waals surface area contributed by atoms with Crippen molar-refractivity contribution in [1.29, 1.82) is 0 Å². The largest absolute Gasteiger partial charge is 0.309 e. The lowest BCUT2D eigenvalue weighted by atomic mass is 10.1. The van der Waals surface area contributed by atoms with Crippen LogP contribution in [-0.2, 0) is 11.2 Å². The number of carbonyl (C=O) groups is 1. The lowest BCUT2D eigenvalue weighted by Crippen LogP contribution is -2.13. The topological polar surface area (TPSA) is 54.9 Å². The maximum atomic E-state index is 11.7. The van der Waals surface area contributed by atoms with Crippen molar-refractivity contribution in [3.63, 3.8) is 0 Å². The summed E-state index contributed by atoms with van der Waals surface area (Å²) in [7, 11) is 0. The van der Waals surface area contributed by atoms with Gasteiger partial charge >= 0.3 is 0 Å². The van der Waals surface area contributed by atoms with Crippen molar-refractivity contribution in [1.82, 2.24) is 9.97 Å². The summed E-state index contributed by atoms with van der Waals surface area (Å²) in [6.45, 7) is 2.03. The Hall–Kier alpha value is -1.94. The fraction of sp³-hybridized carbons (Fsp3) is 0.214. The van der Waals surface area contributed by atoms with E-state index in [1.54, 1.807) is 0 Å².